The minimum absolute atomic E-state index is 1.15. The highest BCUT2D eigenvalue weighted by atomic mass is 32.2. The van der Waals surface area contributed by atoms with Crippen LogP contribution in [0.2, 0.25) is 0 Å². The van der Waals surface area contributed by atoms with Crippen LogP contribution in [0.4, 0.5) is 0 Å². The van der Waals surface area contributed by atoms with Gasteiger partial charge in [0, 0.05) is 0 Å². The number of hydrogen-bond donors (Lipinski definition) is 0. The summed E-state index contributed by atoms with van der Waals surface area (Å²) in [4.78, 5) is 0. The Kier molecular flexibility index (Phi) is 3.62. The molecule has 0 radical (unpaired) electrons. The molecule has 2 heteroatoms. The van der Waals surface area contributed by atoms with Crippen molar-refractivity contribution in [3.8, 4) is 0 Å². The zero-order chi connectivity index (χ0) is 7.23. The Bertz CT molecular complexity index is 187. The SMILES string of the molecule is CCS/C=C\c1ccsc1. The van der Waals surface area contributed by atoms with E-state index in [0.29, 0.717) is 0 Å². The van der Waals surface area contributed by atoms with E-state index in [9.17, 15) is 0 Å². The molecule has 1 rings (SSSR count). The summed E-state index contributed by atoms with van der Waals surface area (Å²) in [6.45, 7) is 2.16. The third-order valence-electron chi connectivity index (χ3n) is 1.07. The lowest BCUT2D eigenvalue weighted by Crippen LogP contribution is -1.59. The second-order valence-corrected chi connectivity index (χ2v) is 3.78. The quantitative estimate of drug-likeness (QED) is 0.669. The van der Waals surface area contributed by atoms with Crippen molar-refractivity contribution in [2.45, 2.75) is 6.92 Å². The number of rotatable bonds is 3. The van der Waals surface area contributed by atoms with Crippen LogP contribution >= 0.6 is 23.1 Å². The second-order valence-electron chi connectivity index (χ2n) is 1.81. The van der Waals surface area contributed by atoms with Crippen molar-refractivity contribution in [3.63, 3.8) is 0 Å². The molecule has 54 valence electrons. The molecule has 0 saturated carbocycles. The summed E-state index contributed by atoms with van der Waals surface area (Å²) in [7, 11) is 0. The van der Waals surface area contributed by atoms with Crippen molar-refractivity contribution in [1.29, 1.82) is 0 Å². The van der Waals surface area contributed by atoms with Crippen LogP contribution in [0, 0.1) is 0 Å². The van der Waals surface area contributed by atoms with Gasteiger partial charge < -0.3 is 0 Å². The highest BCUT2D eigenvalue weighted by Crippen LogP contribution is 2.10. The van der Waals surface area contributed by atoms with Gasteiger partial charge in [0.05, 0.1) is 0 Å². The van der Waals surface area contributed by atoms with E-state index in [1.54, 1.807) is 11.3 Å². The molecule has 10 heavy (non-hydrogen) atoms. The van der Waals surface area contributed by atoms with E-state index in [4.69, 9.17) is 0 Å². The Hall–Kier alpha value is -0.210. The predicted octanol–water partition coefficient (Wildman–Crippen LogP) is 3.47. The van der Waals surface area contributed by atoms with E-state index in [1.807, 2.05) is 11.8 Å². The highest BCUT2D eigenvalue weighted by Gasteiger charge is 1.82. The average Bonchev–Trinajstić information content (AvgIpc) is 2.41. The first-order valence-corrected chi connectivity index (χ1v) is 5.23. The van der Waals surface area contributed by atoms with Gasteiger partial charge in [-0.25, -0.2) is 0 Å². The summed E-state index contributed by atoms with van der Waals surface area (Å²) in [5.41, 5.74) is 1.31. The third kappa shape index (κ3) is 2.58. The van der Waals surface area contributed by atoms with Gasteiger partial charge in [0.15, 0.2) is 0 Å². The van der Waals surface area contributed by atoms with Crippen LogP contribution in [0.15, 0.2) is 22.2 Å². The molecular weight excluding hydrogens is 160 g/mol. The molecule has 0 N–H and O–H groups in total. The van der Waals surface area contributed by atoms with Gasteiger partial charge in [0.25, 0.3) is 0 Å². The molecule has 0 fully saturated rings. The van der Waals surface area contributed by atoms with Crippen LogP contribution in [-0.4, -0.2) is 5.75 Å². The maximum absolute atomic E-state index is 2.16. The van der Waals surface area contributed by atoms with E-state index in [1.165, 1.54) is 5.56 Å². The van der Waals surface area contributed by atoms with E-state index < -0.39 is 0 Å². The summed E-state index contributed by atoms with van der Waals surface area (Å²) in [5, 5.41) is 6.38. The smallest absolute Gasteiger partial charge is 0.00206 e. The molecule has 0 spiro atoms. The first-order valence-electron chi connectivity index (χ1n) is 3.24. The normalized spacial score (nSPS) is 10.9. The summed E-state index contributed by atoms with van der Waals surface area (Å²) in [6.07, 6.45) is 2.14. The lowest BCUT2D eigenvalue weighted by Gasteiger charge is -1.83. The molecule has 0 bridgehead atoms. The summed E-state index contributed by atoms with van der Waals surface area (Å²) >= 11 is 3.57. The molecule has 0 nitrogen and oxygen atoms in total. The van der Waals surface area contributed by atoms with E-state index >= 15 is 0 Å². The highest BCUT2D eigenvalue weighted by molar-refractivity contribution is 8.02. The molecule has 0 saturated heterocycles. The molecule has 0 unspecified atom stereocenters. The molecule has 0 aromatic carbocycles. The first-order chi connectivity index (χ1) is 4.93. The first kappa shape index (κ1) is 7.89. The van der Waals surface area contributed by atoms with Gasteiger partial charge in [-0.2, -0.15) is 11.3 Å². The molecule has 0 aliphatic rings. The Labute approximate surface area is 70.0 Å². The van der Waals surface area contributed by atoms with E-state index in [-0.39, 0.29) is 0 Å². The Morgan fingerprint density at radius 2 is 2.60 bits per heavy atom. The third-order valence-corrected chi connectivity index (χ3v) is 2.43. The van der Waals surface area contributed by atoms with Crippen molar-refractivity contribution in [1.82, 2.24) is 0 Å². The molecule has 0 atom stereocenters. The Morgan fingerprint density at radius 1 is 1.70 bits per heavy atom. The fraction of sp³-hybridized carbons (Fsp3) is 0.250. The maximum Gasteiger partial charge on any atom is -0.00206 e. The minimum Gasteiger partial charge on any atom is -0.152 e. The van der Waals surface area contributed by atoms with Crippen LogP contribution < -0.4 is 0 Å². The Morgan fingerprint density at radius 3 is 3.20 bits per heavy atom. The van der Waals surface area contributed by atoms with Crippen molar-refractivity contribution >= 4 is 29.2 Å². The fourth-order valence-corrected chi connectivity index (χ4v) is 1.67. The lowest BCUT2D eigenvalue weighted by atomic mass is 10.3. The molecule has 1 aromatic heterocycles. The van der Waals surface area contributed by atoms with Gasteiger partial charge in [-0.3, -0.25) is 0 Å². The topological polar surface area (TPSA) is 0 Å². The number of thioether (sulfide) groups is 1. The van der Waals surface area contributed by atoms with Gasteiger partial charge in [0.2, 0.25) is 0 Å². The Balaban J connectivity index is 2.40. The summed E-state index contributed by atoms with van der Waals surface area (Å²) in [5.74, 6) is 1.15. The molecule has 0 amide bonds. The van der Waals surface area contributed by atoms with Gasteiger partial charge in [-0.15, -0.1) is 11.8 Å². The zero-order valence-corrected chi connectivity index (χ0v) is 7.54. The monoisotopic (exact) mass is 170 g/mol. The lowest BCUT2D eigenvalue weighted by molar-refractivity contribution is 1.54. The van der Waals surface area contributed by atoms with Crippen LogP contribution in [0.5, 0.6) is 0 Å². The largest absolute Gasteiger partial charge is 0.152 e. The van der Waals surface area contributed by atoms with Gasteiger partial charge in [0.1, 0.15) is 0 Å². The molecule has 0 aliphatic heterocycles. The summed E-state index contributed by atoms with van der Waals surface area (Å²) in [6, 6.07) is 2.12. The van der Waals surface area contributed by atoms with Gasteiger partial charge in [-0.1, -0.05) is 6.92 Å². The fourth-order valence-electron chi connectivity index (χ4n) is 0.593. The molecule has 0 aliphatic carbocycles. The van der Waals surface area contributed by atoms with E-state index in [2.05, 4.69) is 35.2 Å². The number of hydrogen-bond acceptors (Lipinski definition) is 2. The standard InChI is InChI=1S/C8H10S2/c1-2-9-5-3-8-4-6-10-7-8/h3-7H,2H2,1H3/b5-3-. The molecule has 1 aromatic rings. The van der Waals surface area contributed by atoms with Crippen LogP contribution in [0.1, 0.15) is 12.5 Å². The predicted molar refractivity (Wildman–Crippen MR) is 51.5 cm³/mol. The van der Waals surface area contributed by atoms with Gasteiger partial charge >= 0.3 is 0 Å². The van der Waals surface area contributed by atoms with Crippen molar-refractivity contribution in [2.24, 2.45) is 0 Å². The van der Waals surface area contributed by atoms with Crippen molar-refractivity contribution in [2.75, 3.05) is 5.75 Å². The second kappa shape index (κ2) is 4.58. The van der Waals surface area contributed by atoms with Crippen LogP contribution in [-0.2, 0) is 0 Å². The van der Waals surface area contributed by atoms with Crippen molar-refractivity contribution in [3.05, 3.63) is 27.8 Å². The van der Waals surface area contributed by atoms with Crippen LogP contribution in [0.25, 0.3) is 6.08 Å². The zero-order valence-electron chi connectivity index (χ0n) is 5.91. The minimum atomic E-state index is 1.15. The van der Waals surface area contributed by atoms with Crippen molar-refractivity contribution < 1.29 is 0 Å². The molecule has 1 heterocycles. The van der Waals surface area contributed by atoms with Crippen LogP contribution in [0.3, 0.4) is 0 Å². The van der Waals surface area contributed by atoms with E-state index in [0.717, 1.165) is 5.75 Å². The molecular formula is C8H10S2. The summed E-state index contributed by atoms with van der Waals surface area (Å²) < 4.78 is 0. The average molecular weight is 170 g/mol. The van der Waals surface area contributed by atoms with Gasteiger partial charge in [-0.05, 0) is 39.6 Å². The number of thiophene rings is 1. The maximum atomic E-state index is 2.16.